The van der Waals surface area contributed by atoms with E-state index in [-0.39, 0.29) is 5.92 Å². The molecule has 3 rings (SSSR count). The summed E-state index contributed by atoms with van der Waals surface area (Å²) in [6.07, 6.45) is 4.39. The van der Waals surface area contributed by atoms with Crippen LogP contribution in [0.4, 0.5) is 0 Å². The highest BCUT2D eigenvalue weighted by Gasteiger charge is 2.21. The van der Waals surface area contributed by atoms with Gasteiger partial charge in [0.1, 0.15) is 0 Å². The maximum Gasteiger partial charge on any atom is 0.223 e. The summed E-state index contributed by atoms with van der Waals surface area (Å²) in [4.78, 5) is 0. The zero-order valence-corrected chi connectivity index (χ0v) is 11.9. The second kappa shape index (κ2) is 6.18. The van der Waals surface area contributed by atoms with E-state index in [2.05, 4.69) is 46.7 Å². The Labute approximate surface area is 119 Å². The van der Waals surface area contributed by atoms with Gasteiger partial charge in [-0.05, 0) is 24.8 Å². The molecule has 1 atom stereocenters. The maximum atomic E-state index is 5.83. The highest BCUT2D eigenvalue weighted by molar-refractivity contribution is 5.24. The van der Waals surface area contributed by atoms with Gasteiger partial charge in [0.25, 0.3) is 0 Å². The van der Waals surface area contributed by atoms with Crippen molar-refractivity contribution in [1.82, 2.24) is 15.5 Å². The van der Waals surface area contributed by atoms with E-state index in [9.17, 15) is 0 Å². The first-order chi connectivity index (χ1) is 9.86. The molecule has 0 bridgehead atoms. The van der Waals surface area contributed by atoms with Crippen LogP contribution in [0.3, 0.4) is 0 Å². The highest BCUT2D eigenvalue weighted by Crippen LogP contribution is 2.26. The minimum atomic E-state index is 0.203. The van der Waals surface area contributed by atoms with Crippen molar-refractivity contribution in [3.8, 4) is 0 Å². The molecule has 1 fully saturated rings. The molecule has 4 nitrogen and oxygen atoms in total. The Hall–Kier alpha value is -1.68. The molecule has 0 aliphatic heterocycles. The Morgan fingerprint density at radius 1 is 1.25 bits per heavy atom. The molecule has 1 heterocycles. The lowest BCUT2D eigenvalue weighted by Crippen LogP contribution is -2.19. The first-order valence-electron chi connectivity index (χ1n) is 7.47. The van der Waals surface area contributed by atoms with Gasteiger partial charge in [-0.25, -0.2) is 0 Å². The van der Waals surface area contributed by atoms with E-state index < -0.39 is 0 Å². The van der Waals surface area contributed by atoms with Gasteiger partial charge in [-0.15, -0.1) is 10.2 Å². The molecular formula is C16H21N3O. The summed E-state index contributed by atoms with van der Waals surface area (Å²) in [5, 5.41) is 11.9. The van der Waals surface area contributed by atoms with Crippen molar-refractivity contribution in [3.05, 3.63) is 47.7 Å². The maximum absolute atomic E-state index is 5.83. The molecule has 4 heteroatoms. The summed E-state index contributed by atoms with van der Waals surface area (Å²) in [6.45, 7) is 3.07. The SMILES string of the molecule is CCC(c1ccccc1)c1nnc(CCNC2CC2)o1. The van der Waals surface area contributed by atoms with E-state index in [4.69, 9.17) is 4.42 Å². The van der Waals surface area contributed by atoms with E-state index in [0.29, 0.717) is 0 Å². The predicted molar refractivity (Wildman–Crippen MR) is 77.6 cm³/mol. The van der Waals surface area contributed by atoms with Crippen molar-refractivity contribution in [2.75, 3.05) is 6.54 Å². The Morgan fingerprint density at radius 3 is 2.75 bits per heavy atom. The minimum Gasteiger partial charge on any atom is -0.425 e. The van der Waals surface area contributed by atoms with Gasteiger partial charge >= 0.3 is 0 Å². The van der Waals surface area contributed by atoms with Gasteiger partial charge in [-0.3, -0.25) is 0 Å². The molecule has 106 valence electrons. The highest BCUT2D eigenvalue weighted by atomic mass is 16.4. The Morgan fingerprint density at radius 2 is 2.05 bits per heavy atom. The first-order valence-corrected chi connectivity index (χ1v) is 7.47. The summed E-state index contributed by atoms with van der Waals surface area (Å²) in [5.41, 5.74) is 1.24. The average Bonchev–Trinajstić information content (AvgIpc) is 3.19. The van der Waals surface area contributed by atoms with Crippen molar-refractivity contribution in [1.29, 1.82) is 0 Å². The van der Waals surface area contributed by atoms with Crippen LogP contribution in [0.25, 0.3) is 0 Å². The van der Waals surface area contributed by atoms with Crippen molar-refractivity contribution in [2.45, 2.75) is 44.6 Å². The molecule has 0 amide bonds. The fraction of sp³-hybridized carbons (Fsp3) is 0.500. The molecule has 1 N–H and O–H groups in total. The molecule has 1 unspecified atom stereocenters. The minimum absolute atomic E-state index is 0.203. The summed E-state index contributed by atoms with van der Waals surface area (Å²) in [5.74, 6) is 1.68. The molecule has 2 aromatic rings. The van der Waals surface area contributed by atoms with Crippen LogP contribution in [0, 0.1) is 0 Å². The largest absolute Gasteiger partial charge is 0.425 e. The summed E-state index contributed by atoms with van der Waals surface area (Å²) in [7, 11) is 0. The number of nitrogens with zero attached hydrogens (tertiary/aromatic N) is 2. The van der Waals surface area contributed by atoms with E-state index in [1.54, 1.807) is 0 Å². The fourth-order valence-corrected chi connectivity index (χ4v) is 2.42. The van der Waals surface area contributed by atoms with E-state index >= 15 is 0 Å². The van der Waals surface area contributed by atoms with Crippen molar-refractivity contribution < 1.29 is 4.42 Å². The van der Waals surface area contributed by atoms with Crippen LogP contribution in [0.1, 0.15) is 49.4 Å². The van der Waals surface area contributed by atoms with Crippen LogP contribution in [0.15, 0.2) is 34.7 Å². The normalized spacial score (nSPS) is 16.2. The van der Waals surface area contributed by atoms with Gasteiger partial charge < -0.3 is 9.73 Å². The third-order valence-corrected chi connectivity index (χ3v) is 3.74. The Kier molecular flexibility index (Phi) is 4.11. The summed E-state index contributed by atoms with van der Waals surface area (Å²) in [6, 6.07) is 11.1. The van der Waals surface area contributed by atoms with E-state index in [1.165, 1.54) is 18.4 Å². The topological polar surface area (TPSA) is 51.0 Å². The second-order valence-electron chi connectivity index (χ2n) is 5.38. The fourth-order valence-electron chi connectivity index (χ4n) is 2.42. The van der Waals surface area contributed by atoms with Crippen LogP contribution in [-0.4, -0.2) is 22.8 Å². The van der Waals surface area contributed by atoms with Gasteiger partial charge in [0.2, 0.25) is 11.8 Å². The molecule has 0 saturated heterocycles. The van der Waals surface area contributed by atoms with E-state index in [1.807, 2.05) is 6.07 Å². The van der Waals surface area contributed by atoms with Crippen LogP contribution in [-0.2, 0) is 6.42 Å². The van der Waals surface area contributed by atoms with Crippen LogP contribution in [0.5, 0.6) is 0 Å². The number of rotatable bonds is 7. The van der Waals surface area contributed by atoms with Gasteiger partial charge in [0, 0.05) is 19.0 Å². The van der Waals surface area contributed by atoms with Crippen LogP contribution < -0.4 is 5.32 Å². The first kappa shape index (κ1) is 13.3. The van der Waals surface area contributed by atoms with Gasteiger partial charge in [-0.1, -0.05) is 37.3 Å². The van der Waals surface area contributed by atoms with Gasteiger partial charge in [0.15, 0.2) is 0 Å². The summed E-state index contributed by atoms with van der Waals surface area (Å²) < 4.78 is 5.83. The Balaban J connectivity index is 1.64. The number of benzene rings is 1. The van der Waals surface area contributed by atoms with Crippen molar-refractivity contribution >= 4 is 0 Å². The smallest absolute Gasteiger partial charge is 0.223 e. The van der Waals surface area contributed by atoms with Gasteiger partial charge in [-0.2, -0.15) is 0 Å². The third kappa shape index (κ3) is 3.25. The molecule has 1 aromatic carbocycles. The zero-order valence-electron chi connectivity index (χ0n) is 11.9. The lowest BCUT2D eigenvalue weighted by Gasteiger charge is -2.10. The molecule has 1 saturated carbocycles. The van der Waals surface area contributed by atoms with Crippen molar-refractivity contribution in [3.63, 3.8) is 0 Å². The van der Waals surface area contributed by atoms with Crippen LogP contribution in [0.2, 0.25) is 0 Å². The standard InChI is InChI=1S/C16H21N3O/c1-2-14(12-6-4-3-5-7-12)16-19-18-15(20-16)10-11-17-13-8-9-13/h3-7,13-14,17H,2,8-11H2,1H3. The molecule has 1 aliphatic rings. The van der Waals surface area contributed by atoms with E-state index in [0.717, 1.165) is 37.2 Å². The predicted octanol–water partition coefficient (Wildman–Crippen LogP) is 2.91. The molecule has 20 heavy (non-hydrogen) atoms. The molecular weight excluding hydrogens is 250 g/mol. The lowest BCUT2D eigenvalue weighted by atomic mass is 9.97. The van der Waals surface area contributed by atoms with Gasteiger partial charge in [0.05, 0.1) is 5.92 Å². The van der Waals surface area contributed by atoms with Crippen LogP contribution >= 0.6 is 0 Å². The zero-order chi connectivity index (χ0) is 13.8. The third-order valence-electron chi connectivity index (χ3n) is 3.74. The van der Waals surface area contributed by atoms with Crippen molar-refractivity contribution in [2.24, 2.45) is 0 Å². The second-order valence-corrected chi connectivity index (χ2v) is 5.38. The monoisotopic (exact) mass is 271 g/mol. The molecule has 1 aromatic heterocycles. The number of aromatic nitrogens is 2. The average molecular weight is 271 g/mol. The summed E-state index contributed by atoms with van der Waals surface area (Å²) >= 11 is 0. The molecule has 0 spiro atoms. The Bertz CT molecular complexity index is 534. The lowest BCUT2D eigenvalue weighted by molar-refractivity contribution is 0.424. The number of hydrogen-bond acceptors (Lipinski definition) is 4. The quantitative estimate of drug-likeness (QED) is 0.841. The molecule has 1 aliphatic carbocycles. The number of nitrogens with one attached hydrogen (secondary N) is 1. The number of hydrogen-bond donors (Lipinski definition) is 1. The molecule has 0 radical (unpaired) electrons.